The number of benzene rings is 1. The molecule has 0 heterocycles. The molecule has 0 N–H and O–H groups in total. The Balaban J connectivity index is 3.03. The molecule has 0 aliphatic carbocycles. The van der Waals surface area contributed by atoms with Crippen LogP contribution < -0.4 is 0 Å². The zero-order chi connectivity index (χ0) is 15.2. The molecule has 1 rings (SSSR count). The Labute approximate surface area is 127 Å². The van der Waals surface area contributed by atoms with Crippen LogP contribution in [0.5, 0.6) is 0 Å². The first-order valence-electron chi connectivity index (χ1n) is 7.21. The minimum atomic E-state index is -0.644. The van der Waals surface area contributed by atoms with Crippen molar-refractivity contribution in [3.63, 3.8) is 0 Å². The highest BCUT2D eigenvalue weighted by Crippen LogP contribution is 2.36. The van der Waals surface area contributed by atoms with Gasteiger partial charge < -0.3 is 9.47 Å². The van der Waals surface area contributed by atoms with E-state index < -0.39 is 5.79 Å². The Hall–Kier alpha value is -0.830. The summed E-state index contributed by atoms with van der Waals surface area (Å²) < 4.78 is 11.8. The molecule has 0 spiro atoms. The van der Waals surface area contributed by atoms with Crippen LogP contribution >= 0.6 is 11.6 Å². The molecule has 0 saturated heterocycles. The standard InChI is InChI=1S/C17H25ClO2/c1-6-16(17(5,19-7-2)20-8-3)13(4)14-9-11-15(18)12-10-14/h9-12,16H,4,6-8H2,1-3,5H3. The van der Waals surface area contributed by atoms with Crippen LogP contribution in [-0.4, -0.2) is 19.0 Å². The summed E-state index contributed by atoms with van der Waals surface area (Å²) in [6.07, 6.45) is 0.901. The quantitative estimate of drug-likeness (QED) is 0.616. The zero-order valence-electron chi connectivity index (χ0n) is 12.9. The van der Waals surface area contributed by atoms with E-state index in [9.17, 15) is 0 Å². The lowest BCUT2D eigenvalue weighted by atomic mass is 9.85. The van der Waals surface area contributed by atoms with Crippen LogP contribution in [0.1, 0.15) is 39.7 Å². The normalized spacial score (nSPS) is 13.2. The second kappa shape index (κ2) is 7.82. The Bertz CT molecular complexity index is 419. The third-order valence-electron chi connectivity index (χ3n) is 3.54. The number of rotatable bonds is 8. The van der Waals surface area contributed by atoms with Crippen LogP contribution in [0.15, 0.2) is 30.8 Å². The van der Waals surface area contributed by atoms with Crippen molar-refractivity contribution in [2.45, 2.75) is 39.9 Å². The minimum absolute atomic E-state index is 0.101. The Morgan fingerprint density at radius 2 is 1.65 bits per heavy atom. The molecule has 0 bridgehead atoms. The molecule has 0 aliphatic rings. The first-order chi connectivity index (χ1) is 9.48. The van der Waals surface area contributed by atoms with Gasteiger partial charge in [0.25, 0.3) is 0 Å². The molecular formula is C17H25ClO2. The van der Waals surface area contributed by atoms with Crippen molar-refractivity contribution in [1.82, 2.24) is 0 Å². The highest BCUT2D eigenvalue weighted by atomic mass is 35.5. The van der Waals surface area contributed by atoms with Crippen molar-refractivity contribution < 1.29 is 9.47 Å². The SMILES string of the molecule is C=C(c1ccc(Cl)cc1)C(CC)C(C)(OCC)OCC. The lowest BCUT2D eigenvalue weighted by Gasteiger charge is -2.37. The zero-order valence-corrected chi connectivity index (χ0v) is 13.7. The molecule has 0 fully saturated rings. The first kappa shape index (κ1) is 17.2. The van der Waals surface area contributed by atoms with Gasteiger partial charge in [-0.25, -0.2) is 0 Å². The highest BCUT2D eigenvalue weighted by molar-refractivity contribution is 6.30. The summed E-state index contributed by atoms with van der Waals surface area (Å²) in [5, 5.41) is 0.729. The molecule has 3 heteroatoms. The average Bonchev–Trinajstić information content (AvgIpc) is 2.40. The molecule has 0 aliphatic heterocycles. The van der Waals surface area contributed by atoms with Gasteiger partial charge in [-0.15, -0.1) is 0 Å². The predicted octanol–water partition coefficient (Wildman–Crippen LogP) is 5.17. The topological polar surface area (TPSA) is 18.5 Å². The molecule has 0 amide bonds. The van der Waals surface area contributed by atoms with E-state index in [0.29, 0.717) is 13.2 Å². The molecule has 0 radical (unpaired) electrons. The number of hydrogen-bond acceptors (Lipinski definition) is 2. The molecule has 0 aromatic heterocycles. The van der Waals surface area contributed by atoms with E-state index in [0.717, 1.165) is 22.6 Å². The molecule has 1 unspecified atom stereocenters. The maximum Gasteiger partial charge on any atom is 0.172 e. The molecule has 20 heavy (non-hydrogen) atoms. The molecular weight excluding hydrogens is 272 g/mol. The monoisotopic (exact) mass is 296 g/mol. The predicted molar refractivity (Wildman–Crippen MR) is 85.9 cm³/mol. The summed E-state index contributed by atoms with van der Waals surface area (Å²) in [4.78, 5) is 0. The molecule has 112 valence electrons. The van der Waals surface area contributed by atoms with E-state index in [2.05, 4.69) is 13.5 Å². The average molecular weight is 297 g/mol. The van der Waals surface area contributed by atoms with Gasteiger partial charge in [0.15, 0.2) is 5.79 Å². The van der Waals surface area contributed by atoms with E-state index in [1.54, 1.807) is 0 Å². The van der Waals surface area contributed by atoms with Crippen LogP contribution in [0.4, 0.5) is 0 Å². The van der Waals surface area contributed by atoms with Crippen molar-refractivity contribution in [2.24, 2.45) is 5.92 Å². The Kier molecular flexibility index (Phi) is 6.74. The fraction of sp³-hybridized carbons (Fsp3) is 0.529. The van der Waals surface area contributed by atoms with E-state index in [1.807, 2.05) is 45.0 Å². The van der Waals surface area contributed by atoms with Crippen LogP contribution in [0.3, 0.4) is 0 Å². The largest absolute Gasteiger partial charge is 0.350 e. The molecule has 1 atom stereocenters. The molecule has 0 saturated carbocycles. The van der Waals surface area contributed by atoms with E-state index >= 15 is 0 Å². The Morgan fingerprint density at radius 1 is 1.15 bits per heavy atom. The highest BCUT2D eigenvalue weighted by Gasteiger charge is 2.36. The van der Waals surface area contributed by atoms with Crippen LogP contribution in [0, 0.1) is 5.92 Å². The fourth-order valence-corrected chi connectivity index (χ4v) is 2.74. The number of halogens is 1. The lowest BCUT2D eigenvalue weighted by molar-refractivity contribution is -0.241. The summed E-state index contributed by atoms with van der Waals surface area (Å²) in [7, 11) is 0. The number of hydrogen-bond donors (Lipinski definition) is 0. The van der Waals surface area contributed by atoms with Crippen molar-refractivity contribution in [1.29, 1.82) is 0 Å². The third-order valence-corrected chi connectivity index (χ3v) is 3.79. The Morgan fingerprint density at radius 3 is 2.05 bits per heavy atom. The van der Waals surface area contributed by atoms with Gasteiger partial charge in [-0.05, 0) is 50.5 Å². The van der Waals surface area contributed by atoms with E-state index in [1.165, 1.54) is 0 Å². The van der Waals surface area contributed by atoms with Crippen molar-refractivity contribution in [2.75, 3.05) is 13.2 Å². The summed E-state index contributed by atoms with van der Waals surface area (Å²) in [5.74, 6) is -0.543. The molecule has 1 aromatic carbocycles. The molecule has 1 aromatic rings. The van der Waals surface area contributed by atoms with Crippen molar-refractivity contribution in [3.8, 4) is 0 Å². The van der Waals surface area contributed by atoms with Gasteiger partial charge >= 0.3 is 0 Å². The second-order valence-electron chi connectivity index (χ2n) is 4.87. The van der Waals surface area contributed by atoms with Gasteiger partial charge in [0.2, 0.25) is 0 Å². The van der Waals surface area contributed by atoms with Gasteiger partial charge in [-0.3, -0.25) is 0 Å². The third kappa shape index (κ3) is 4.08. The van der Waals surface area contributed by atoms with Gasteiger partial charge in [0.1, 0.15) is 0 Å². The van der Waals surface area contributed by atoms with Crippen molar-refractivity contribution >= 4 is 17.2 Å². The smallest absolute Gasteiger partial charge is 0.172 e. The van der Waals surface area contributed by atoms with Gasteiger partial charge in [0, 0.05) is 24.2 Å². The molecule has 2 nitrogen and oxygen atoms in total. The summed E-state index contributed by atoms with van der Waals surface area (Å²) >= 11 is 5.94. The minimum Gasteiger partial charge on any atom is -0.350 e. The summed E-state index contributed by atoms with van der Waals surface area (Å²) in [6.45, 7) is 13.6. The van der Waals surface area contributed by atoms with Crippen LogP contribution in [-0.2, 0) is 9.47 Å². The van der Waals surface area contributed by atoms with Crippen LogP contribution in [0.2, 0.25) is 5.02 Å². The maximum absolute atomic E-state index is 5.94. The van der Waals surface area contributed by atoms with Crippen molar-refractivity contribution in [3.05, 3.63) is 41.4 Å². The maximum atomic E-state index is 5.94. The number of ether oxygens (including phenoxy) is 2. The lowest BCUT2D eigenvalue weighted by Crippen LogP contribution is -2.41. The van der Waals surface area contributed by atoms with Gasteiger partial charge in [-0.2, -0.15) is 0 Å². The van der Waals surface area contributed by atoms with E-state index in [4.69, 9.17) is 21.1 Å². The second-order valence-corrected chi connectivity index (χ2v) is 5.31. The first-order valence-corrected chi connectivity index (χ1v) is 7.58. The van der Waals surface area contributed by atoms with Gasteiger partial charge in [-0.1, -0.05) is 37.2 Å². The fourth-order valence-electron chi connectivity index (χ4n) is 2.61. The summed E-state index contributed by atoms with van der Waals surface area (Å²) in [5.41, 5.74) is 2.10. The van der Waals surface area contributed by atoms with E-state index in [-0.39, 0.29) is 5.92 Å². The summed E-state index contributed by atoms with van der Waals surface area (Å²) in [6, 6.07) is 7.75. The van der Waals surface area contributed by atoms with Crippen LogP contribution in [0.25, 0.3) is 5.57 Å². The van der Waals surface area contributed by atoms with Gasteiger partial charge in [0.05, 0.1) is 0 Å².